The molecule has 3 rings (SSSR count). The largest absolute Gasteiger partial charge is 0.496 e. The fourth-order valence-corrected chi connectivity index (χ4v) is 2.61. The molecule has 0 aromatic heterocycles. The van der Waals surface area contributed by atoms with Crippen LogP contribution in [0.5, 0.6) is 0 Å². The molecule has 3 heteroatoms. The zero-order valence-corrected chi connectivity index (χ0v) is 13.3. The second-order valence-electron chi connectivity index (χ2n) is 5.69. The van der Waals surface area contributed by atoms with Crippen LogP contribution in [0.1, 0.15) is 18.1 Å². The third-order valence-electron chi connectivity index (χ3n) is 3.92. The maximum absolute atomic E-state index is 6.08. The molecular weight excluding hydrogens is 288 g/mol. The van der Waals surface area contributed by atoms with E-state index in [1.54, 1.807) is 6.26 Å². The van der Waals surface area contributed by atoms with Gasteiger partial charge in [-0.1, -0.05) is 60.7 Å². The Hall–Kier alpha value is -2.10. The number of benzene rings is 2. The zero-order valence-electron chi connectivity index (χ0n) is 13.3. The average molecular weight is 310 g/mol. The van der Waals surface area contributed by atoms with Crippen molar-refractivity contribution in [3.8, 4) is 0 Å². The summed E-state index contributed by atoms with van der Waals surface area (Å²) in [6.45, 7) is 3.13. The van der Waals surface area contributed by atoms with Crippen molar-refractivity contribution in [3.63, 3.8) is 0 Å². The summed E-state index contributed by atoms with van der Waals surface area (Å²) in [5, 5.41) is 0. The Morgan fingerprint density at radius 1 is 0.826 bits per heavy atom. The maximum Gasteiger partial charge on any atom is 0.124 e. The normalized spacial score (nSPS) is 23.4. The lowest BCUT2D eigenvalue weighted by atomic mass is 10.1. The summed E-state index contributed by atoms with van der Waals surface area (Å²) in [4.78, 5) is 0. The monoisotopic (exact) mass is 310 g/mol. The summed E-state index contributed by atoms with van der Waals surface area (Å²) in [7, 11) is 0. The quantitative estimate of drug-likeness (QED) is 0.804. The third-order valence-corrected chi connectivity index (χ3v) is 3.92. The molecule has 2 aromatic rings. The first-order chi connectivity index (χ1) is 11.3. The first kappa shape index (κ1) is 15.8. The lowest BCUT2D eigenvalue weighted by molar-refractivity contribution is -0.125. The van der Waals surface area contributed by atoms with Gasteiger partial charge < -0.3 is 14.2 Å². The molecule has 3 nitrogen and oxygen atoms in total. The number of hydrogen-bond donors (Lipinski definition) is 0. The Kier molecular flexibility index (Phi) is 5.46. The van der Waals surface area contributed by atoms with Gasteiger partial charge in [-0.2, -0.15) is 0 Å². The smallest absolute Gasteiger partial charge is 0.124 e. The first-order valence-corrected chi connectivity index (χ1v) is 7.96. The Morgan fingerprint density at radius 3 is 2.00 bits per heavy atom. The van der Waals surface area contributed by atoms with Crippen LogP contribution in [-0.4, -0.2) is 18.3 Å². The van der Waals surface area contributed by atoms with Crippen molar-refractivity contribution < 1.29 is 14.2 Å². The summed E-state index contributed by atoms with van der Waals surface area (Å²) < 4.78 is 17.7. The van der Waals surface area contributed by atoms with Crippen LogP contribution in [-0.2, 0) is 27.4 Å². The van der Waals surface area contributed by atoms with Crippen molar-refractivity contribution >= 4 is 0 Å². The Morgan fingerprint density at radius 2 is 1.39 bits per heavy atom. The molecule has 0 N–H and O–H groups in total. The van der Waals surface area contributed by atoms with Crippen LogP contribution in [0.3, 0.4) is 0 Å². The van der Waals surface area contributed by atoms with Crippen LogP contribution >= 0.6 is 0 Å². The lowest BCUT2D eigenvalue weighted by Gasteiger charge is -2.32. The van der Waals surface area contributed by atoms with Crippen LogP contribution in [0.4, 0.5) is 0 Å². The summed E-state index contributed by atoms with van der Waals surface area (Å²) in [5.41, 5.74) is 2.30. The van der Waals surface area contributed by atoms with E-state index >= 15 is 0 Å². The fourth-order valence-electron chi connectivity index (χ4n) is 2.61. The minimum atomic E-state index is -0.121. The molecular formula is C20H22O3. The predicted molar refractivity (Wildman–Crippen MR) is 89.7 cm³/mol. The van der Waals surface area contributed by atoms with Crippen molar-refractivity contribution in [1.82, 2.24) is 0 Å². The SMILES string of the molecule is C[C@@H]1OC=C[C@H](OCc2ccccc2)[C@H]1OCc1ccccc1. The lowest BCUT2D eigenvalue weighted by Crippen LogP contribution is -2.42. The number of rotatable bonds is 6. The number of ether oxygens (including phenoxy) is 3. The molecule has 0 saturated heterocycles. The summed E-state index contributed by atoms with van der Waals surface area (Å²) in [6, 6.07) is 20.3. The highest BCUT2D eigenvalue weighted by Crippen LogP contribution is 2.21. The van der Waals surface area contributed by atoms with E-state index in [0.29, 0.717) is 13.2 Å². The van der Waals surface area contributed by atoms with E-state index in [-0.39, 0.29) is 18.3 Å². The van der Waals surface area contributed by atoms with Gasteiger partial charge in [0.15, 0.2) is 0 Å². The van der Waals surface area contributed by atoms with Crippen molar-refractivity contribution in [3.05, 3.63) is 84.1 Å². The van der Waals surface area contributed by atoms with E-state index in [4.69, 9.17) is 14.2 Å². The number of hydrogen-bond acceptors (Lipinski definition) is 3. The van der Waals surface area contributed by atoms with Crippen molar-refractivity contribution in [2.24, 2.45) is 0 Å². The molecule has 23 heavy (non-hydrogen) atoms. The highest BCUT2D eigenvalue weighted by atomic mass is 16.6. The van der Waals surface area contributed by atoms with Gasteiger partial charge >= 0.3 is 0 Å². The average Bonchev–Trinajstić information content (AvgIpc) is 2.61. The van der Waals surface area contributed by atoms with Crippen LogP contribution in [0.2, 0.25) is 0 Å². The third kappa shape index (κ3) is 4.44. The Bertz CT molecular complexity index is 609. The molecule has 0 saturated carbocycles. The standard InChI is InChI=1S/C20H22O3/c1-16-20(23-15-18-10-6-3-7-11-18)19(12-13-21-16)22-14-17-8-4-2-5-9-17/h2-13,16,19-20H,14-15H2,1H3/t16-,19-,20-/m0/s1. The van der Waals surface area contributed by atoms with Gasteiger partial charge in [-0.3, -0.25) is 0 Å². The summed E-state index contributed by atoms with van der Waals surface area (Å²) in [6.07, 6.45) is 3.37. The van der Waals surface area contributed by atoms with Crippen molar-refractivity contribution in [2.45, 2.75) is 38.4 Å². The van der Waals surface area contributed by atoms with Gasteiger partial charge in [0.2, 0.25) is 0 Å². The predicted octanol–water partition coefficient (Wildman–Crippen LogP) is 4.09. The summed E-state index contributed by atoms with van der Waals surface area (Å²) >= 11 is 0. The molecule has 0 spiro atoms. The molecule has 120 valence electrons. The minimum absolute atomic E-state index is 0.0375. The van der Waals surface area contributed by atoms with Crippen molar-refractivity contribution in [1.29, 1.82) is 0 Å². The van der Waals surface area contributed by atoms with E-state index in [1.165, 1.54) is 0 Å². The Balaban J connectivity index is 1.60. The highest BCUT2D eigenvalue weighted by molar-refractivity contribution is 5.15. The van der Waals surface area contributed by atoms with Crippen LogP contribution < -0.4 is 0 Å². The molecule has 0 bridgehead atoms. The molecule has 1 aliphatic rings. The van der Waals surface area contributed by atoms with Gasteiger partial charge in [-0.05, 0) is 24.1 Å². The van der Waals surface area contributed by atoms with Gasteiger partial charge in [0.25, 0.3) is 0 Å². The van der Waals surface area contributed by atoms with Gasteiger partial charge in [0.05, 0.1) is 19.5 Å². The molecule has 0 aliphatic carbocycles. The van der Waals surface area contributed by atoms with E-state index in [9.17, 15) is 0 Å². The topological polar surface area (TPSA) is 27.7 Å². The zero-order chi connectivity index (χ0) is 15.9. The molecule has 0 unspecified atom stereocenters. The highest BCUT2D eigenvalue weighted by Gasteiger charge is 2.30. The van der Waals surface area contributed by atoms with Crippen LogP contribution in [0.15, 0.2) is 73.0 Å². The molecule has 0 fully saturated rings. The molecule has 0 amide bonds. The fraction of sp³-hybridized carbons (Fsp3) is 0.300. The van der Waals surface area contributed by atoms with E-state index in [0.717, 1.165) is 11.1 Å². The molecule has 2 aromatic carbocycles. The maximum atomic E-state index is 6.08. The van der Waals surface area contributed by atoms with E-state index in [2.05, 4.69) is 24.3 Å². The minimum Gasteiger partial charge on any atom is -0.496 e. The van der Waals surface area contributed by atoms with Gasteiger partial charge in [-0.15, -0.1) is 0 Å². The molecule has 1 heterocycles. The molecule has 3 atom stereocenters. The van der Waals surface area contributed by atoms with Gasteiger partial charge in [-0.25, -0.2) is 0 Å². The Labute approximate surface area is 137 Å². The van der Waals surface area contributed by atoms with Gasteiger partial charge in [0, 0.05) is 0 Å². The van der Waals surface area contributed by atoms with E-state index in [1.807, 2.05) is 49.4 Å². The summed E-state index contributed by atoms with van der Waals surface area (Å²) in [5.74, 6) is 0. The first-order valence-electron chi connectivity index (χ1n) is 7.96. The van der Waals surface area contributed by atoms with Crippen LogP contribution in [0, 0.1) is 0 Å². The van der Waals surface area contributed by atoms with E-state index < -0.39 is 0 Å². The van der Waals surface area contributed by atoms with Crippen molar-refractivity contribution in [2.75, 3.05) is 0 Å². The second kappa shape index (κ2) is 7.95. The van der Waals surface area contributed by atoms with Gasteiger partial charge in [0.1, 0.15) is 18.3 Å². The molecule has 0 radical (unpaired) electrons. The van der Waals surface area contributed by atoms with Crippen LogP contribution in [0.25, 0.3) is 0 Å². The second-order valence-corrected chi connectivity index (χ2v) is 5.69. The molecule has 1 aliphatic heterocycles.